The number of hydrogen-bond acceptors (Lipinski definition) is 5. The van der Waals surface area contributed by atoms with Gasteiger partial charge in [-0.2, -0.15) is 5.26 Å². The summed E-state index contributed by atoms with van der Waals surface area (Å²) in [4.78, 5) is 19.3. The van der Waals surface area contributed by atoms with E-state index in [0.29, 0.717) is 42.2 Å². The Hall–Kier alpha value is -2.50. The first-order chi connectivity index (χ1) is 16.3. The number of alkyl halides is 2. The Morgan fingerprint density at radius 2 is 2.09 bits per heavy atom. The van der Waals surface area contributed by atoms with Crippen molar-refractivity contribution in [2.75, 3.05) is 19.6 Å². The monoisotopic (exact) mass is 491 g/mol. The van der Waals surface area contributed by atoms with E-state index < -0.39 is 17.9 Å². The number of allylic oxidation sites excluding steroid dienone is 1. The highest BCUT2D eigenvalue weighted by Gasteiger charge is 2.35. The molecule has 1 aromatic rings. The molecule has 34 heavy (non-hydrogen) atoms. The molecule has 3 rings (SSSR count). The van der Waals surface area contributed by atoms with Gasteiger partial charge in [-0.15, -0.1) is 0 Å². The Morgan fingerprint density at radius 1 is 1.35 bits per heavy atom. The summed E-state index contributed by atoms with van der Waals surface area (Å²) in [5.74, 6) is -3.21. The van der Waals surface area contributed by atoms with Crippen LogP contribution >= 0.6 is 11.6 Å². The Morgan fingerprint density at radius 3 is 2.76 bits per heavy atom. The van der Waals surface area contributed by atoms with Crippen LogP contribution in [-0.2, 0) is 4.79 Å². The molecular weight excluding hydrogens is 460 g/mol. The van der Waals surface area contributed by atoms with Gasteiger partial charge in [0, 0.05) is 29.6 Å². The van der Waals surface area contributed by atoms with E-state index in [1.807, 2.05) is 18.2 Å². The summed E-state index contributed by atoms with van der Waals surface area (Å²) in [7, 11) is 0. The van der Waals surface area contributed by atoms with E-state index in [4.69, 9.17) is 22.3 Å². The van der Waals surface area contributed by atoms with Gasteiger partial charge in [0.2, 0.25) is 0 Å². The smallest absolute Gasteiger partial charge is 0.267 e. The summed E-state index contributed by atoms with van der Waals surface area (Å²) in [6, 6.07) is 9.00. The van der Waals surface area contributed by atoms with Crippen LogP contribution in [0, 0.1) is 11.3 Å². The van der Waals surface area contributed by atoms with E-state index in [1.165, 1.54) is 6.08 Å². The van der Waals surface area contributed by atoms with E-state index in [-0.39, 0.29) is 31.1 Å². The van der Waals surface area contributed by atoms with Crippen LogP contribution in [0.1, 0.15) is 56.9 Å². The van der Waals surface area contributed by atoms with Crippen LogP contribution in [0.4, 0.5) is 8.78 Å². The Labute approximate surface area is 204 Å². The van der Waals surface area contributed by atoms with Crippen LogP contribution in [-0.4, -0.2) is 54.2 Å². The predicted octanol–water partition coefficient (Wildman–Crippen LogP) is 4.43. The van der Waals surface area contributed by atoms with E-state index in [1.54, 1.807) is 11.0 Å². The molecule has 0 aromatic heterocycles. The lowest BCUT2D eigenvalue weighted by Crippen LogP contribution is -2.45. The lowest BCUT2D eigenvalue weighted by molar-refractivity contribution is -0.118. The van der Waals surface area contributed by atoms with Gasteiger partial charge in [0.15, 0.2) is 0 Å². The fraction of sp³-hybridized carbons (Fsp3) is 0.560. The molecule has 1 aliphatic carbocycles. The lowest BCUT2D eigenvalue weighted by atomic mass is 10.1. The van der Waals surface area contributed by atoms with Gasteiger partial charge in [-0.1, -0.05) is 42.6 Å². The van der Waals surface area contributed by atoms with Crippen LogP contribution < -0.4 is 11.1 Å². The Balaban J connectivity index is 1.69. The van der Waals surface area contributed by atoms with Crippen molar-refractivity contribution in [2.45, 2.75) is 69.4 Å². The number of aliphatic imine (C=N–C) groups is 1. The molecule has 0 unspecified atom stereocenters. The second-order valence-corrected chi connectivity index (χ2v) is 9.50. The van der Waals surface area contributed by atoms with Gasteiger partial charge >= 0.3 is 0 Å². The number of nitrogens with one attached hydrogen (secondary N) is 1. The highest BCUT2D eigenvalue weighted by Crippen LogP contribution is 2.27. The first kappa shape index (κ1) is 26.1. The maximum Gasteiger partial charge on any atom is 0.267 e. The number of amides is 1. The molecule has 0 radical (unpaired) electrons. The zero-order valence-electron chi connectivity index (χ0n) is 19.3. The van der Waals surface area contributed by atoms with Crippen molar-refractivity contribution in [1.82, 2.24) is 10.2 Å². The van der Waals surface area contributed by atoms with Crippen molar-refractivity contribution >= 4 is 23.2 Å². The quantitative estimate of drug-likeness (QED) is 0.394. The van der Waals surface area contributed by atoms with Gasteiger partial charge in [-0.3, -0.25) is 14.7 Å². The number of hydrogen-bond donors (Lipinski definition) is 2. The van der Waals surface area contributed by atoms with Gasteiger partial charge in [0.1, 0.15) is 0 Å². The number of nitrogens with two attached hydrogens (primary N) is 1. The molecule has 2 aliphatic rings. The van der Waals surface area contributed by atoms with E-state index in [9.17, 15) is 18.8 Å². The van der Waals surface area contributed by atoms with Crippen LogP contribution in [0.2, 0.25) is 5.02 Å². The number of piperidine rings is 1. The first-order valence-electron chi connectivity index (χ1n) is 11.9. The molecule has 184 valence electrons. The zero-order valence-corrected chi connectivity index (χ0v) is 20.0. The number of nitriles is 1. The summed E-state index contributed by atoms with van der Waals surface area (Å²) >= 11 is 6.38. The molecule has 1 heterocycles. The largest absolute Gasteiger partial charge is 0.394 e. The number of carbonyl (C=O) groups excluding carboxylic acids is 1. The molecule has 2 fully saturated rings. The van der Waals surface area contributed by atoms with Crippen molar-refractivity contribution in [3.05, 3.63) is 46.6 Å². The standard InChI is InChI=1S/C25H32ClF2N5O/c26-21-9-4-3-8-20(21)23(31-18-6-1-2-7-18)16-22(30)24(34)32-19(10-13-29)11-15-33-14-5-12-25(27,28)17-33/h3-4,8-9,16,18-19H,1-2,5-7,10-12,14-15,17,30H2,(H,32,34)/t19-/m1/s1. The highest BCUT2D eigenvalue weighted by molar-refractivity contribution is 6.35. The molecule has 1 saturated carbocycles. The summed E-state index contributed by atoms with van der Waals surface area (Å²) in [6.45, 7) is 0.671. The highest BCUT2D eigenvalue weighted by atomic mass is 35.5. The van der Waals surface area contributed by atoms with Crippen LogP contribution in [0.5, 0.6) is 0 Å². The Kier molecular flexibility index (Phi) is 9.43. The molecule has 6 nitrogen and oxygen atoms in total. The second kappa shape index (κ2) is 12.3. The number of benzene rings is 1. The number of carbonyl (C=O) groups is 1. The number of rotatable bonds is 9. The van der Waals surface area contributed by atoms with Gasteiger partial charge in [-0.05, 0) is 44.4 Å². The summed E-state index contributed by atoms with van der Waals surface area (Å²) in [6.07, 6.45) is 6.51. The molecule has 1 saturated heterocycles. The van der Waals surface area contributed by atoms with Gasteiger partial charge in [0.05, 0.1) is 36.5 Å². The lowest BCUT2D eigenvalue weighted by Gasteiger charge is -2.33. The van der Waals surface area contributed by atoms with Crippen molar-refractivity contribution in [3.63, 3.8) is 0 Å². The summed E-state index contributed by atoms with van der Waals surface area (Å²) in [5, 5.41) is 12.5. The van der Waals surface area contributed by atoms with Crippen molar-refractivity contribution in [3.8, 4) is 6.07 Å². The minimum Gasteiger partial charge on any atom is -0.394 e. The Bertz CT molecular complexity index is 953. The topological polar surface area (TPSA) is 94.5 Å². The van der Waals surface area contributed by atoms with Crippen molar-refractivity contribution in [2.24, 2.45) is 10.7 Å². The van der Waals surface area contributed by atoms with Crippen molar-refractivity contribution in [1.29, 1.82) is 5.26 Å². The maximum atomic E-state index is 13.7. The van der Waals surface area contributed by atoms with Gasteiger partial charge in [-0.25, -0.2) is 8.78 Å². The summed E-state index contributed by atoms with van der Waals surface area (Å²) < 4.78 is 27.3. The average Bonchev–Trinajstić information content (AvgIpc) is 3.30. The predicted molar refractivity (Wildman–Crippen MR) is 130 cm³/mol. The number of nitrogens with zero attached hydrogens (tertiary/aromatic N) is 3. The van der Waals surface area contributed by atoms with Crippen LogP contribution in [0.15, 0.2) is 41.0 Å². The minimum absolute atomic E-state index is 0.0379. The number of halogens is 3. The third-order valence-corrected chi connectivity index (χ3v) is 6.62. The molecule has 3 N–H and O–H groups in total. The van der Waals surface area contributed by atoms with E-state index >= 15 is 0 Å². The van der Waals surface area contributed by atoms with Gasteiger partial charge in [0.25, 0.3) is 11.8 Å². The fourth-order valence-electron chi connectivity index (χ4n) is 4.48. The van der Waals surface area contributed by atoms with E-state index in [2.05, 4.69) is 11.4 Å². The minimum atomic E-state index is -2.69. The molecule has 1 atom stereocenters. The third-order valence-electron chi connectivity index (χ3n) is 6.29. The zero-order chi connectivity index (χ0) is 24.6. The molecule has 0 bridgehead atoms. The molecule has 9 heteroatoms. The third kappa shape index (κ3) is 7.78. The maximum absolute atomic E-state index is 13.7. The molecule has 1 amide bonds. The molecular formula is C25H32ClF2N5O. The van der Waals surface area contributed by atoms with Crippen LogP contribution in [0.25, 0.3) is 0 Å². The SMILES string of the molecule is N#CC[C@H](CCN1CCCC(F)(F)C1)NC(=O)C(N)=CC(=NC1CCCC1)c1ccccc1Cl. The van der Waals surface area contributed by atoms with E-state index in [0.717, 1.165) is 25.7 Å². The normalized spacial score (nSPS) is 20.6. The summed E-state index contributed by atoms with van der Waals surface area (Å²) in [5.41, 5.74) is 7.35. The molecule has 0 spiro atoms. The first-order valence-corrected chi connectivity index (χ1v) is 12.2. The number of likely N-dealkylation sites (tertiary alicyclic amines) is 1. The van der Waals surface area contributed by atoms with Gasteiger partial charge < -0.3 is 11.1 Å². The second-order valence-electron chi connectivity index (χ2n) is 9.09. The van der Waals surface area contributed by atoms with Crippen molar-refractivity contribution < 1.29 is 13.6 Å². The molecule has 1 aromatic carbocycles. The fourth-order valence-corrected chi connectivity index (χ4v) is 4.71. The molecule has 1 aliphatic heterocycles. The average molecular weight is 492 g/mol. The van der Waals surface area contributed by atoms with Crippen LogP contribution in [0.3, 0.4) is 0 Å².